The molecule has 1 unspecified atom stereocenters. The number of aromatic nitrogens is 2. The number of hydrogen-bond donors (Lipinski definition) is 2. The second-order valence-corrected chi connectivity index (χ2v) is 7.45. The molecule has 5 rings (SSSR count). The van der Waals surface area contributed by atoms with E-state index in [0.29, 0.717) is 19.7 Å². The van der Waals surface area contributed by atoms with Crippen molar-refractivity contribution in [3.05, 3.63) is 81.8 Å². The molecule has 28 heavy (non-hydrogen) atoms. The third-order valence-electron chi connectivity index (χ3n) is 5.84. The Kier molecular flexibility index (Phi) is 4.04. The minimum Gasteiger partial charge on any atom is -0.448 e. The summed E-state index contributed by atoms with van der Waals surface area (Å²) in [6.07, 6.45) is 0.528. The predicted octanol–water partition coefficient (Wildman–Crippen LogP) is 3.44. The maximum absolute atomic E-state index is 12.6. The largest absolute Gasteiger partial charge is 0.448 e. The highest BCUT2D eigenvalue weighted by Crippen LogP contribution is 2.44. The SMILES string of the molecule is O=C(OCC1c2ccccc2-c2ccccc21)N1CCC(c2cc(=O)[nH][nH]2)C1. The van der Waals surface area contributed by atoms with Gasteiger partial charge in [-0.2, -0.15) is 0 Å². The van der Waals surface area contributed by atoms with Crippen LogP contribution in [0.2, 0.25) is 0 Å². The number of benzene rings is 2. The van der Waals surface area contributed by atoms with E-state index < -0.39 is 0 Å². The highest BCUT2D eigenvalue weighted by molar-refractivity contribution is 5.79. The number of carbonyl (C=O) groups is 1. The van der Waals surface area contributed by atoms with Crippen LogP contribution < -0.4 is 5.56 Å². The van der Waals surface area contributed by atoms with E-state index in [-0.39, 0.29) is 23.5 Å². The second kappa shape index (κ2) is 6.71. The number of H-pyrrole nitrogens is 2. The normalized spacial score (nSPS) is 18.1. The first-order valence-electron chi connectivity index (χ1n) is 9.58. The summed E-state index contributed by atoms with van der Waals surface area (Å²) in [7, 11) is 0. The van der Waals surface area contributed by atoms with Gasteiger partial charge in [0.15, 0.2) is 0 Å². The van der Waals surface area contributed by atoms with E-state index in [1.54, 1.807) is 11.0 Å². The molecule has 2 aromatic carbocycles. The molecular weight excluding hydrogens is 354 g/mol. The van der Waals surface area contributed by atoms with E-state index in [0.717, 1.165) is 12.1 Å². The van der Waals surface area contributed by atoms with E-state index in [1.165, 1.54) is 22.3 Å². The number of rotatable bonds is 3. The Balaban J connectivity index is 1.28. The van der Waals surface area contributed by atoms with Crippen molar-refractivity contribution in [1.82, 2.24) is 15.1 Å². The molecule has 142 valence electrons. The molecule has 6 heteroatoms. The van der Waals surface area contributed by atoms with E-state index >= 15 is 0 Å². The number of nitrogens with one attached hydrogen (secondary N) is 2. The Labute approximate surface area is 162 Å². The molecule has 0 bridgehead atoms. The minimum absolute atomic E-state index is 0.0655. The molecule has 1 saturated heterocycles. The van der Waals surface area contributed by atoms with Gasteiger partial charge in [-0.05, 0) is 28.7 Å². The molecule has 1 amide bonds. The summed E-state index contributed by atoms with van der Waals surface area (Å²) in [6, 6.07) is 18.2. The number of aromatic amines is 2. The Morgan fingerprint density at radius 2 is 1.71 bits per heavy atom. The van der Waals surface area contributed by atoms with Crippen LogP contribution in [0.15, 0.2) is 59.4 Å². The maximum atomic E-state index is 12.6. The molecule has 3 aromatic rings. The number of hydrogen-bond acceptors (Lipinski definition) is 3. The zero-order valence-corrected chi connectivity index (χ0v) is 15.4. The molecule has 1 aromatic heterocycles. The van der Waals surface area contributed by atoms with Crippen molar-refractivity contribution in [1.29, 1.82) is 0 Å². The van der Waals surface area contributed by atoms with Crippen molar-refractivity contribution >= 4 is 6.09 Å². The van der Waals surface area contributed by atoms with Crippen molar-refractivity contribution in [3.63, 3.8) is 0 Å². The zero-order chi connectivity index (χ0) is 19.1. The molecule has 2 aliphatic rings. The summed E-state index contributed by atoms with van der Waals surface area (Å²) in [5.74, 6) is 0.204. The van der Waals surface area contributed by atoms with Gasteiger partial charge in [-0.1, -0.05) is 48.5 Å². The molecule has 6 nitrogen and oxygen atoms in total. The number of fused-ring (bicyclic) bond motifs is 3. The van der Waals surface area contributed by atoms with Crippen molar-refractivity contribution < 1.29 is 9.53 Å². The minimum atomic E-state index is -0.290. The van der Waals surface area contributed by atoms with Gasteiger partial charge >= 0.3 is 6.09 Å². The zero-order valence-electron chi connectivity index (χ0n) is 15.4. The van der Waals surface area contributed by atoms with Crippen LogP contribution in [0, 0.1) is 0 Å². The van der Waals surface area contributed by atoms with Gasteiger partial charge in [0.1, 0.15) is 6.61 Å². The van der Waals surface area contributed by atoms with Gasteiger partial charge in [-0.25, -0.2) is 4.79 Å². The van der Waals surface area contributed by atoms with Gasteiger partial charge in [0.25, 0.3) is 5.56 Å². The van der Waals surface area contributed by atoms with E-state index in [9.17, 15) is 9.59 Å². The number of carbonyl (C=O) groups excluding carboxylic acids is 1. The van der Waals surface area contributed by atoms with Gasteiger partial charge in [-0.3, -0.25) is 9.89 Å². The number of amides is 1. The first kappa shape index (κ1) is 16.9. The fourth-order valence-electron chi connectivity index (χ4n) is 4.43. The van der Waals surface area contributed by atoms with Crippen molar-refractivity contribution in [3.8, 4) is 11.1 Å². The average Bonchev–Trinajstić information content (AvgIpc) is 3.44. The molecule has 1 fully saturated rings. The van der Waals surface area contributed by atoms with Crippen molar-refractivity contribution in [2.45, 2.75) is 18.3 Å². The lowest BCUT2D eigenvalue weighted by Crippen LogP contribution is -2.30. The standard InChI is InChI=1S/C22H21N3O3/c26-21-11-20(23-24-21)14-9-10-25(12-14)22(27)28-13-19-17-7-3-1-5-15(17)16-6-2-4-8-18(16)19/h1-8,11,14,19H,9-10,12-13H2,(H2,23,24,26). The molecule has 2 N–H and O–H groups in total. The quantitative estimate of drug-likeness (QED) is 0.736. The van der Waals surface area contributed by atoms with E-state index in [4.69, 9.17) is 4.74 Å². The molecule has 2 heterocycles. The molecule has 0 radical (unpaired) electrons. The molecule has 1 atom stereocenters. The van der Waals surface area contributed by atoms with Crippen LogP contribution in [0.1, 0.15) is 35.1 Å². The molecule has 0 spiro atoms. The molecular formula is C22H21N3O3. The van der Waals surface area contributed by atoms with Crippen LogP contribution in [0.5, 0.6) is 0 Å². The third-order valence-corrected chi connectivity index (χ3v) is 5.84. The van der Waals surface area contributed by atoms with Gasteiger partial charge in [0.05, 0.1) is 0 Å². The Hall–Kier alpha value is -3.28. The number of ether oxygens (including phenoxy) is 1. The predicted molar refractivity (Wildman–Crippen MR) is 105 cm³/mol. The molecule has 0 saturated carbocycles. The Morgan fingerprint density at radius 1 is 1.04 bits per heavy atom. The number of likely N-dealkylation sites (tertiary alicyclic amines) is 1. The van der Waals surface area contributed by atoms with Crippen LogP contribution >= 0.6 is 0 Å². The van der Waals surface area contributed by atoms with Gasteiger partial charge in [0, 0.05) is 36.7 Å². The first-order chi connectivity index (χ1) is 13.7. The van der Waals surface area contributed by atoms with Crippen molar-refractivity contribution in [2.24, 2.45) is 0 Å². The summed E-state index contributed by atoms with van der Waals surface area (Å²) in [6.45, 7) is 1.52. The smallest absolute Gasteiger partial charge is 0.409 e. The average molecular weight is 375 g/mol. The van der Waals surface area contributed by atoms with Crippen LogP contribution in [0.3, 0.4) is 0 Å². The van der Waals surface area contributed by atoms with Crippen LogP contribution in [-0.2, 0) is 4.74 Å². The van der Waals surface area contributed by atoms with Gasteiger partial charge in [0.2, 0.25) is 0 Å². The third kappa shape index (κ3) is 2.81. The summed E-state index contributed by atoms with van der Waals surface area (Å²) >= 11 is 0. The fraction of sp³-hybridized carbons (Fsp3) is 0.273. The van der Waals surface area contributed by atoms with E-state index in [2.05, 4.69) is 34.5 Å². The summed E-state index contributed by atoms with van der Waals surface area (Å²) in [5, 5.41) is 5.44. The second-order valence-electron chi connectivity index (χ2n) is 7.45. The summed E-state index contributed by atoms with van der Waals surface area (Å²) in [4.78, 5) is 25.7. The topological polar surface area (TPSA) is 78.2 Å². The van der Waals surface area contributed by atoms with Gasteiger partial charge in [-0.15, -0.1) is 0 Å². The lowest BCUT2D eigenvalue weighted by Gasteiger charge is -2.19. The lowest BCUT2D eigenvalue weighted by molar-refractivity contribution is 0.107. The van der Waals surface area contributed by atoms with E-state index in [1.807, 2.05) is 24.3 Å². The Morgan fingerprint density at radius 3 is 2.36 bits per heavy atom. The Bertz CT molecular complexity index is 1040. The monoisotopic (exact) mass is 375 g/mol. The molecule has 1 aliphatic heterocycles. The first-order valence-corrected chi connectivity index (χ1v) is 9.58. The molecule has 1 aliphatic carbocycles. The fourth-order valence-corrected chi connectivity index (χ4v) is 4.43. The summed E-state index contributed by atoms with van der Waals surface area (Å²) in [5.41, 5.74) is 5.56. The van der Waals surface area contributed by atoms with Crippen LogP contribution in [0.4, 0.5) is 4.79 Å². The van der Waals surface area contributed by atoms with Crippen LogP contribution in [-0.4, -0.2) is 40.9 Å². The van der Waals surface area contributed by atoms with Gasteiger partial charge < -0.3 is 14.7 Å². The highest BCUT2D eigenvalue weighted by Gasteiger charge is 2.32. The lowest BCUT2D eigenvalue weighted by atomic mass is 9.98. The summed E-state index contributed by atoms with van der Waals surface area (Å²) < 4.78 is 5.72. The number of nitrogens with zero attached hydrogens (tertiary/aromatic N) is 1. The highest BCUT2D eigenvalue weighted by atomic mass is 16.6. The maximum Gasteiger partial charge on any atom is 0.409 e. The van der Waals surface area contributed by atoms with Crippen molar-refractivity contribution in [2.75, 3.05) is 19.7 Å². The van der Waals surface area contributed by atoms with Crippen LogP contribution in [0.25, 0.3) is 11.1 Å².